The third-order valence-electron chi connectivity index (χ3n) is 4.56. The van der Waals surface area contributed by atoms with Crippen molar-refractivity contribution in [1.82, 2.24) is 29.7 Å². The molecular weight excluding hydrogens is 420 g/mol. The Balaban J connectivity index is 1.79. The van der Waals surface area contributed by atoms with Crippen LogP contribution in [0.15, 0.2) is 59.4 Å². The summed E-state index contributed by atoms with van der Waals surface area (Å²) >= 11 is 0. The topological polar surface area (TPSA) is 166 Å². The lowest BCUT2D eigenvalue weighted by Gasteiger charge is -2.14. The lowest BCUT2D eigenvalue weighted by Crippen LogP contribution is -2.04. The van der Waals surface area contributed by atoms with E-state index in [9.17, 15) is 10.5 Å². The lowest BCUT2D eigenvalue weighted by atomic mass is 10.1. The van der Waals surface area contributed by atoms with E-state index in [1.165, 1.54) is 10.9 Å². The molecule has 0 aliphatic rings. The molecule has 12 heteroatoms. The molecule has 33 heavy (non-hydrogen) atoms. The minimum Gasteiger partial charge on any atom is -0.371 e. The van der Waals surface area contributed by atoms with Gasteiger partial charge in [-0.25, -0.2) is 15.0 Å². The number of nitriles is 2. The number of pyridine rings is 2. The molecule has 0 atom stereocenters. The summed E-state index contributed by atoms with van der Waals surface area (Å²) in [6.45, 7) is 1.75. The Morgan fingerprint density at radius 2 is 1.76 bits per heavy atom. The second-order valence-electron chi connectivity index (χ2n) is 6.53. The van der Waals surface area contributed by atoms with E-state index < -0.39 is 0 Å². The van der Waals surface area contributed by atoms with E-state index in [0.717, 1.165) is 5.69 Å². The van der Waals surface area contributed by atoms with E-state index in [1.54, 1.807) is 57.0 Å². The summed E-state index contributed by atoms with van der Waals surface area (Å²) in [7, 11) is 1.69. The first-order chi connectivity index (χ1) is 16.2. The molecule has 4 aromatic rings. The first-order valence-corrected chi connectivity index (χ1v) is 9.63. The van der Waals surface area contributed by atoms with E-state index in [-0.39, 0.29) is 17.3 Å². The Bertz CT molecular complexity index is 1400. The summed E-state index contributed by atoms with van der Waals surface area (Å²) in [6.07, 6.45) is 7.73. The van der Waals surface area contributed by atoms with Gasteiger partial charge in [0.25, 0.3) is 5.95 Å². The van der Waals surface area contributed by atoms with Gasteiger partial charge in [0.1, 0.15) is 23.4 Å². The predicted octanol–water partition coefficient (Wildman–Crippen LogP) is 3.70. The molecule has 4 aromatic heterocycles. The molecule has 12 nitrogen and oxygen atoms in total. The molecule has 0 radical (unpaired) electrons. The zero-order valence-electron chi connectivity index (χ0n) is 17.6. The first-order valence-electron chi connectivity index (χ1n) is 9.63. The molecular formula is C21H16N12. The van der Waals surface area contributed by atoms with Gasteiger partial charge in [0, 0.05) is 43.1 Å². The van der Waals surface area contributed by atoms with Crippen LogP contribution in [0, 0.1) is 29.6 Å². The average Bonchev–Trinajstić information content (AvgIpc) is 3.27. The van der Waals surface area contributed by atoms with Crippen molar-refractivity contribution in [3.05, 3.63) is 65.9 Å². The molecule has 4 heterocycles. The zero-order chi connectivity index (χ0) is 23.2. The lowest BCUT2D eigenvalue weighted by molar-refractivity contribution is 0.803. The Labute approximate surface area is 188 Å². The number of hydrogen-bond acceptors (Lipinski definition) is 11. The van der Waals surface area contributed by atoms with Crippen LogP contribution in [0.1, 0.15) is 16.7 Å². The summed E-state index contributed by atoms with van der Waals surface area (Å²) in [5, 5.41) is 38.1. The number of hydrogen-bond donors (Lipinski definition) is 2. The van der Waals surface area contributed by atoms with Crippen molar-refractivity contribution >= 4 is 28.8 Å². The maximum absolute atomic E-state index is 9.78. The minimum atomic E-state index is 0.155. The molecule has 0 aliphatic heterocycles. The van der Waals surface area contributed by atoms with Crippen molar-refractivity contribution in [3.8, 4) is 18.1 Å². The van der Waals surface area contributed by atoms with Crippen LogP contribution >= 0.6 is 0 Å². The highest BCUT2D eigenvalue weighted by Gasteiger charge is 2.18. The third-order valence-corrected chi connectivity index (χ3v) is 4.56. The van der Waals surface area contributed by atoms with Crippen LogP contribution in [0.5, 0.6) is 0 Å². The van der Waals surface area contributed by atoms with Crippen LogP contribution in [0.4, 0.5) is 28.8 Å². The standard InChI is InChI=1S/C21H16N12/c1-13-16(11-23)18(29-15-4-8-25-9-5-15)30-19(24-2)17(13)31-32-20-14(10-22)12-28-33(20)21-26-6-3-7-27-21/h3-9,12H,1-2H3,(H2,24,25,29,30)/b32-31+. The molecule has 0 saturated carbocycles. The fourth-order valence-electron chi connectivity index (χ4n) is 2.95. The zero-order valence-corrected chi connectivity index (χ0v) is 17.6. The number of nitrogens with zero attached hydrogens (tertiary/aromatic N) is 10. The first kappa shape index (κ1) is 21.0. The molecule has 0 bridgehead atoms. The number of anilines is 3. The van der Waals surface area contributed by atoms with Gasteiger partial charge in [0.15, 0.2) is 17.5 Å². The minimum absolute atomic E-state index is 0.155. The Morgan fingerprint density at radius 1 is 1.00 bits per heavy atom. The Morgan fingerprint density at radius 3 is 2.42 bits per heavy atom. The summed E-state index contributed by atoms with van der Waals surface area (Å²) in [4.78, 5) is 16.8. The fraction of sp³-hybridized carbons (Fsp3) is 0.0952. The van der Waals surface area contributed by atoms with Gasteiger partial charge < -0.3 is 10.6 Å². The number of nitrogens with one attached hydrogen (secondary N) is 2. The van der Waals surface area contributed by atoms with Gasteiger partial charge >= 0.3 is 0 Å². The second-order valence-corrected chi connectivity index (χ2v) is 6.53. The number of aromatic nitrogens is 6. The molecule has 0 spiro atoms. The van der Waals surface area contributed by atoms with Crippen LogP contribution in [0.2, 0.25) is 0 Å². The van der Waals surface area contributed by atoms with E-state index in [1.807, 2.05) is 6.07 Å². The van der Waals surface area contributed by atoms with Crippen molar-refractivity contribution in [1.29, 1.82) is 10.5 Å². The van der Waals surface area contributed by atoms with Crippen LogP contribution in [0.3, 0.4) is 0 Å². The molecule has 0 saturated heterocycles. The van der Waals surface area contributed by atoms with Crippen LogP contribution in [-0.2, 0) is 0 Å². The van der Waals surface area contributed by atoms with Crippen LogP contribution in [0.25, 0.3) is 5.95 Å². The van der Waals surface area contributed by atoms with E-state index in [4.69, 9.17) is 0 Å². The summed E-state index contributed by atoms with van der Waals surface area (Å²) < 4.78 is 1.31. The van der Waals surface area contributed by atoms with Crippen molar-refractivity contribution in [2.75, 3.05) is 17.7 Å². The number of rotatable bonds is 6. The van der Waals surface area contributed by atoms with Crippen molar-refractivity contribution in [2.45, 2.75) is 6.92 Å². The summed E-state index contributed by atoms with van der Waals surface area (Å²) in [6, 6.07) is 9.40. The molecule has 4 rings (SSSR count). The quantitative estimate of drug-likeness (QED) is 0.428. The summed E-state index contributed by atoms with van der Waals surface area (Å²) in [5.74, 6) is 1.16. The van der Waals surface area contributed by atoms with Crippen molar-refractivity contribution in [3.63, 3.8) is 0 Å². The van der Waals surface area contributed by atoms with Gasteiger partial charge in [-0.05, 0) is 25.1 Å². The van der Waals surface area contributed by atoms with Gasteiger partial charge in [-0.2, -0.15) is 20.3 Å². The molecule has 2 N–H and O–H groups in total. The average molecular weight is 436 g/mol. The second kappa shape index (κ2) is 9.28. The van der Waals surface area contributed by atoms with Gasteiger partial charge in [-0.1, -0.05) is 0 Å². The smallest absolute Gasteiger partial charge is 0.252 e. The molecule has 0 amide bonds. The van der Waals surface area contributed by atoms with E-state index >= 15 is 0 Å². The fourth-order valence-corrected chi connectivity index (χ4v) is 2.95. The van der Waals surface area contributed by atoms with Crippen LogP contribution < -0.4 is 10.6 Å². The highest BCUT2D eigenvalue weighted by atomic mass is 15.4. The highest BCUT2D eigenvalue weighted by Crippen LogP contribution is 2.36. The highest BCUT2D eigenvalue weighted by molar-refractivity contribution is 5.76. The largest absolute Gasteiger partial charge is 0.371 e. The van der Waals surface area contributed by atoms with Gasteiger partial charge in [0.2, 0.25) is 0 Å². The molecule has 0 unspecified atom stereocenters. The maximum Gasteiger partial charge on any atom is 0.252 e. The van der Waals surface area contributed by atoms with Gasteiger partial charge in [0.05, 0.1) is 11.8 Å². The van der Waals surface area contributed by atoms with Crippen molar-refractivity contribution < 1.29 is 0 Å². The Hall–Kier alpha value is -5.23. The predicted molar refractivity (Wildman–Crippen MR) is 119 cm³/mol. The SMILES string of the molecule is CNc1nc(Nc2ccncc2)c(C#N)c(C)c1/N=N/c1c(C#N)cnn1-c1ncccn1. The third kappa shape index (κ3) is 4.17. The normalized spacial score (nSPS) is 10.5. The maximum atomic E-state index is 9.78. The van der Waals surface area contributed by atoms with Crippen molar-refractivity contribution in [2.24, 2.45) is 10.2 Å². The Kier molecular flexibility index (Phi) is 5.91. The number of azo groups is 1. The summed E-state index contributed by atoms with van der Waals surface area (Å²) in [5.41, 5.74) is 2.13. The van der Waals surface area contributed by atoms with Gasteiger partial charge in [-0.15, -0.1) is 10.2 Å². The molecule has 0 aliphatic carbocycles. The molecule has 0 fully saturated rings. The molecule has 160 valence electrons. The monoisotopic (exact) mass is 436 g/mol. The molecule has 0 aromatic carbocycles. The van der Waals surface area contributed by atoms with Crippen LogP contribution in [-0.4, -0.2) is 36.8 Å². The van der Waals surface area contributed by atoms with Gasteiger partial charge in [-0.3, -0.25) is 4.98 Å². The van der Waals surface area contributed by atoms with E-state index in [0.29, 0.717) is 28.5 Å². The van der Waals surface area contributed by atoms with E-state index in [2.05, 4.69) is 52.0 Å².